The second-order valence-electron chi connectivity index (χ2n) is 2.88. The van der Waals surface area contributed by atoms with E-state index in [0.29, 0.717) is 0 Å². The fraction of sp³-hybridized carbons (Fsp3) is 0.0909. The monoisotopic (exact) mass is 155 g/mol. The van der Waals surface area contributed by atoms with Gasteiger partial charge in [-0.05, 0) is 24.6 Å². The summed E-state index contributed by atoms with van der Waals surface area (Å²) in [5.74, 6) is 2.61. The van der Waals surface area contributed by atoms with Gasteiger partial charge in [0.1, 0.15) is 0 Å². The molecule has 0 bridgehead atoms. The number of hydrogen-bond acceptors (Lipinski definition) is 0. The van der Waals surface area contributed by atoms with Crippen LogP contribution in [0.4, 0.5) is 0 Å². The number of hydrogen-bond donors (Lipinski definition) is 1. The molecule has 1 nitrogen and oxygen atoms in total. The molecule has 0 radical (unpaired) electrons. The molecule has 0 aliphatic heterocycles. The fourth-order valence-electron chi connectivity index (χ4n) is 1.36. The molecule has 1 aromatic carbocycles. The van der Waals surface area contributed by atoms with Gasteiger partial charge < -0.3 is 4.98 Å². The second kappa shape index (κ2) is 2.42. The summed E-state index contributed by atoms with van der Waals surface area (Å²) >= 11 is 0. The summed E-state index contributed by atoms with van der Waals surface area (Å²) in [6.45, 7) is 2.08. The molecule has 0 unspecified atom stereocenters. The van der Waals surface area contributed by atoms with Crippen molar-refractivity contribution < 1.29 is 0 Å². The number of terminal acetylenes is 1. The van der Waals surface area contributed by atoms with Gasteiger partial charge in [0.15, 0.2) is 0 Å². The fourth-order valence-corrected chi connectivity index (χ4v) is 1.36. The van der Waals surface area contributed by atoms with Crippen LogP contribution in [0.15, 0.2) is 24.4 Å². The largest absolute Gasteiger partial charge is 0.361 e. The Morgan fingerprint density at radius 1 is 1.42 bits per heavy atom. The van der Waals surface area contributed by atoms with Crippen LogP contribution in [0, 0.1) is 19.3 Å². The zero-order chi connectivity index (χ0) is 8.55. The predicted molar refractivity (Wildman–Crippen MR) is 51.0 cm³/mol. The highest BCUT2D eigenvalue weighted by molar-refractivity contribution is 5.84. The van der Waals surface area contributed by atoms with Gasteiger partial charge in [0.05, 0.1) is 0 Å². The Labute approximate surface area is 71.4 Å². The standard InChI is InChI=1S/C11H9N/c1-3-9-4-5-10-8(2)7-12-11(10)6-9/h1,4-7,12H,2H3. The minimum Gasteiger partial charge on any atom is -0.361 e. The first-order valence-corrected chi connectivity index (χ1v) is 3.85. The van der Waals surface area contributed by atoms with Crippen LogP contribution in [0.5, 0.6) is 0 Å². The summed E-state index contributed by atoms with van der Waals surface area (Å²) in [5.41, 5.74) is 3.29. The van der Waals surface area contributed by atoms with Gasteiger partial charge in [-0.1, -0.05) is 12.0 Å². The van der Waals surface area contributed by atoms with E-state index < -0.39 is 0 Å². The summed E-state index contributed by atoms with van der Waals surface area (Å²) in [4.78, 5) is 3.17. The average molecular weight is 155 g/mol. The van der Waals surface area contributed by atoms with Crippen molar-refractivity contribution in [2.45, 2.75) is 6.92 Å². The van der Waals surface area contributed by atoms with Gasteiger partial charge in [-0.3, -0.25) is 0 Å². The van der Waals surface area contributed by atoms with E-state index in [1.165, 1.54) is 10.9 Å². The van der Waals surface area contributed by atoms with E-state index in [1.54, 1.807) is 0 Å². The Bertz CT molecular complexity index is 457. The Morgan fingerprint density at radius 3 is 3.00 bits per heavy atom. The van der Waals surface area contributed by atoms with Crippen LogP contribution in [0.25, 0.3) is 10.9 Å². The molecule has 0 aliphatic carbocycles. The number of nitrogens with one attached hydrogen (secondary N) is 1. The topological polar surface area (TPSA) is 15.8 Å². The molecule has 12 heavy (non-hydrogen) atoms. The van der Waals surface area contributed by atoms with Crippen molar-refractivity contribution in [2.24, 2.45) is 0 Å². The minimum absolute atomic E-state index is 0.921. The number of benzene rings is 1. The lowest BCUT2D eigenvalue weighted by Crippen LogP contribution is -1.73. The van der Waals surface area contributed by atoms with Gasteiger partial charge in [0.25, 0.3) is 0 Å². The smallest absolute Gasteiger partial charge is 0.0469 e. The molecule has 0 aliphatic rings. The van der Waals surface area contributed by atoms with Crippen molar-refractivity contribution in [3.63, 3.8) is 0 Å². The third-order valence-electron chi connectivity index (χ3n) is 2.06. The molecule has 0 spiro atoms. The van der Waals surface area contributed by atoms with Crippen molar-refractivity contribution >= 4 is 10.9 Å². The van der Waals surface area contributed by atoms with E-state index in [0.717, 1.165) is 11.1 Å². The summed E-state index contributed by atoms with van der Waals surface area (Å²) < 4.78 is 0. The molecule has 1 N–H and O–H groups in total. The summed E-state index contributed by atoms with van der Waals surface area (Å²) in [5, 5.41) is 1.24. The van der Waals surface area contributed by atoms with Crippen LogP contribution in [-0.4, -0.2) is 4.98 Å². The lowest BCUT2D eigenvalue weighted by atomic mass is 10.1. The summed E-state index contributed by atoms with van der Waals surface area (Å²) in [6.07, 6.45) is 7.27. The van der Waals surface area contributed by atoms with Crippen LogP contribution in [0.3, 0.4) is 0 Å². The Kier molecular flexibility index (Phi) is 1.41. The van der Waals surface area contributed by atoms with Crippen LogP contribution in [0.2, 0.25) is 0 Å². The average Bonchev–Trinajstić information content (AvgIpc) is 2.47. The zero-order valence-corrected chi connectivity index (χ0v) is 6.89. The van der Waals surface area contributed by atoms with Gasteiger partial charge in [-0.25, -0.2) is 0 Å². The van der Waals surface area contributed by atoms with Gasteiger partial charge in [-0.15, -0.1) is 6.42 Å². The number of aryl methyl sites for hydroxylation is 1. The number of fused-ring (bicyclic) bond motifs is 1. The molecule has 1 aromatic heterocycles. The molecule has 0 saturated carbocycles. The maximum atomic E-state index is 5.28. The van der Waals surface area contributed by atoms with Gasteiger partial charge in [0.2, 0.25) is 0 Å². The normalized spacial score (nSPS) is 10.0. The van der Waals surface area contributed by atoms with Gasteiger partial charge in [-0.2, -0.15) is 0 Å². The third-order valence-corrected chi connectivity index (χ3v) is 2.06. The number of aromatic nitrogens is 1. The highest BCUT2D eigenvalue weighted by Gasteiger charge is 1.98. The molecule has 1 heterocycles. The first-order chi connectivity index (χ1) is 5.81. The van der Waals surface area contributed by atoms with Crippen molar-refractivity contribution in [1.82, 2.24) is 4.98 Å². The third kappa shape index (κ3) is 0.895. The van der Waals surface area contributed by atoms with Crippen LogP contribution >= 0.6 is 0 Å². The van der Waals surface area contributed by atoms with E-state index in [-0.39, 0.29) is 0 Å². The maximum Gasteiger partial charge on any atom is 0.0469 e. The molecule has 2 aromatic rings. The molecular weight excluding hydrogens is 146 g/mol. The highest BCUT2D eigenvalue weighted by Crippen LogP contribution is 2.17. The van der Waals surface area contributed by atoms with Crippen molar-refractivity contribution in [3.05, 3.63) is 35.5 Å². The van der Waals surface area contributed by atoms with E-state index >= 15 is 0 Å². The van der Waals surface area contributed by atoms with Crippen LogP contribution in [-0.2, 0) is 0 Å². The number of rotatable bonds is 0. The van der Waals surface area contributed by atoms with E-state index in [4.69, 9.17) is 6.42 Å². The summed E-state index contributed by atoms with van der Waals surface area (Å²) in [6, 6.07) is 6.00. The maximum absolute atomic E-state index is 5.28. The summed E-state index contributed by atoms with van der Waals surface area (Å²) in [7, 11) is 0. The Hall–Kier alpha value is -1.68. The lowest BCUT2D eigenvalue weighted by molar-refractivity contribution is 1.43. The van der Waals surface area contributed by atoms with Gasteiger partial charge in [0, 0.05) is 22.7 Å². The predicted octanol–water partition coefficient (Wildman–Crippen LogP) is 2.46. The van der Waals surface area contributed by atoms with Crippen LogP contribution < -0.4 is 0 Å². The Balaban J connectivity index is 2.80. The lowest BCUT2D eigenvalue weighted by Gasteiger charge is -1.92. The molecule has 2 rings (SSSR count). The molecule has 0 fully saturated rings. The zero-order valence-electron chi connectivity index (χ0n) is 6.89. The quantitative estimate of drug-likeness (QED) is 0.562. The minimum atomic E-state index is 0.921. The molecule has 1 heteroatoms. The number of H-pyrrole nitrogens is 1. The van der Waals surface area contributed by atoms with Crippen molar-refractivity contribution in [2.75, 3.05) is 0 Å². The van der Waals surface area contributed by atoms with E-state index in [9.17, 15) is 0 Å². The highest BCUT2D eigenvalue weighted by atomic mass is 14.7. The Morgan fingerprint density at radius 2 is 2.25 bits per heavy atom. The van der Waals surface area contributed by atoms with E-state index in [2.05, 4.69) is 23.9 Å². The SMILES string of the molecule is C#Cc1ccc2c(C)c[nH]c2c1. The van der Waals surface area contributed by atoms with E-state index in [1.807, 2.05) is 18.3 Å². The van der Waals surface area contributed by atoms with Crippen LogP contribution in [0.1, 0.15) is 11.1 Å². The molecule has 0 amide bonds. The number of aromatic amines is 1. The van der Waals surface area contributed by atoms with Gasteiger partial charge >= 0.3 is 0 Å². The molecule has 58 valence electrons. The molecule has 0 atom stereocenters. The van der Waals surface area contributed by atoms with Crippen molar-refractivity contribution in [1.29, 1.82) is 0 Å². The second-order valence-corrected chi connectivity index (χ2v) is 2.88. The first kappa shape index (κ1) is 7.00. The van der Waals surface area contributed by atoms with Crippen molar-refractivity contribution in [3.8, 4) is 12.3 Å². The molecule has 0 saturated heterocycles. The first-order valence-electron chi connectivity index (χ1n) is 3.85. The molecular formula is C11H9N.